The number of carbonyl (C=O) groups is 1. The minimum atomic E-state index is -1.04. The first-order chi connectivity index (χ1) is 14.9. The lowest BCUT2D eigenvalue weighted by molar-refractivity contribution is 0.00980. The van der Waals surface area contributed by atoms with E-state index in [9.17, 15) is 13.6 Å². The topological polar surface area (TPSA) is 51.2 Å². The Morgan fingerprint density at radius 2 is 1.81 bits per heavy atom. The van der Waals surface area contributed by atoms with E-state index in [2.05, 4.69) is 11.8 Å². The summed E-state index contributed by atoms with van der Waals surface area (Å²) in [5.74, 6) is -2.01. The van der Waals surface area contributed by atoms with Crippen LogP contribution < -0.4 is 4.74 Å². The summed E-state index contributed by atoms with van der Waals surface area (Å²) < 4.78 is 42.6. The molecular weight excluding hydrogens is 406 g/mol. The Labute approximate surface area is 184 Å². The molecule has 0 saturated heterocycles. The van der Waals surface area contributed by atoms with Crippen LogP contribution in [0.15, 0.2) is 18.2 Å². The van der Waals surface area contributed by atoms with E-state index in [1.807, 2.05) is 0 Å². The lowest BCUT2D eigenvalue weighted by atomic mass is 9.92. The Morgan fingerprint density at radius 1 is 1.06 bits per heavy atom. The molecule has 0 heterocycles. The van der Waals surface area contributed by atoms with E-state index in [1.165, 1.54) is 11.0 Å². The molecule has 0 unspecified atom stereocenters. The third-order valence-corrected chi connectivity index (χ3v) is 5.86. The van der Waals surface area contributed by atoms with Crippen molar-refractivity contribution in [2.75, 3.05) is 47.0 Å². The van der Waals surface area contributed by atoms with Crippen molar-refractivity contribution in [3.8, 4) is 5.75 Å². The van der Waals surface area contributed by atoms with Crippen LogP contribution in [0.4, 0.5) is 13.6 Å². The van der Waals surface area contributed by atoms with Gasteiger partial charge in [0.05, 0.1) is 12.7 Å². The summed E-state index contributed by atoms with van der Waals surface area (Å²) in [6.45, 7) is 6.72. The van der Waals surface area contributed by atoms with Crippen LogP contribution in [-0.2, 0) is 9.47 Å². The fourth-order valence-electron chi connectivity index (χ4n) is 3.80. The molecule has 0 aliphatic heterocycles. The molecule has 1 saturated carbocycles. The number of hydrogen-bond donors (Lipinski definition) is 0. The number of hydrogen-bond acceptors (Lipinski definition) is 5. The van der Waals surface area contributed by atoms with Crippen LogP contribution in [0.5, 0.6) is 5.75 Å². The summed E-state index contributed by atoms with van der Waals surface area (Å²) >= 11 is 0. The standard InChI is InChI=1S/C23H36F2N2O4/c1-4-27(14-16-29-3)13-5-6-15-30-19-9-7-18(8-10-19)26(2)23(28)31-20-11-12-21(24)22(25)17-20/h11-12,17-19H,4-10,13-16H2,1-3H3/t18-,19-. The Bertz CT molecular complexity index is 669. The maximum Gasteiger partial charge on any atom is 0.415 e. The third kappa shape index (κ3) is 8.71. The number of carbonyl (C=O) groups excluding carboxylic acids is 1. The van der Waals surface area contributed by atoms with Crippen LogP contribution in [0.1, 0.15) is 45.4 Å². The van der Waals surface area contributed by atoms with E-state index in [-0.39, 0.29) is 17.9 Å². The number of methoxy groups -OCH3 is 1. The van der Waals surface area contributed by atoms with Gasteiger partial charge < -0.3 is 24.0 Å². The number of ether oxygens (including phenoxy) is 3. The van der Waals surface area contributed by atoms with Gasteiger partial charge in [-0.2, -0.15) is 0 Å². The largest absolute Gasteiger partial charge is 0.415 e. The van der Waals surface area contributed by atoms with Crippen molar-refractivity contribution in [1.82, 2.24) is 9.80 Å². The van der Waals surface area contributed by atoms with E-state index >= 15 is 0 Å². The molecule has 0 aromatic heterocycles. The first-order valence-corrected chi connectivity index (χ1v) is 11.2. The van der Waals surface area contributed by atoms with Gasteiger partial charge in [0.25, 0.3) is 0 Å². The molecule has 2 rings (SSSR count). The normalized spacial score (nSPS) is 18.9. The summed E-state index contributed by atoms with van der Waals surface area (Å²) in [4.78, 5) is 16.2. The SMILES string of the molecule is CCN(CCCCO[C@H]1CC[C@H](N(C)C(=O)Oc2ccc(F)c(F)c2)CC1)CCOC. The number of unbranched alkanes of at least 4 members (excludes halogenated alkanes) is 1. The molecule has 0 radical (unpaired) electrons. The van der Waals surface area contributed by atoms with Crippen molar-refractivity contribution in [2.24, 2.45) is 0 Å². The molecule has 8 heteroatoms. The summed E-state index contributed by atoms with van der Waals surface area (Å²) in [6.07, 6.45) is 5.23. The molecule has 1 fully saturated rings. The predicted octanol–water partition coefficient (Wildman–Crippen LogP) is 4.47. The average molecular weight is 443 g/mol. The van der Waals surface area contributed by atoms with Crippen LogP contribution in [-0.4, -0.2) is 75.0 Å². The fraction of sp³-hybridized carbons (Fsp3) is 0.696. The van der Waals surface area contributed by atoms with Gasteiger partial charge in [-0.15, -0.1) is 0 Å². The summed E-state index contributed by atoms with van der Waals surface area (Å²) in [5, 5.41) is 0. The van der Waals surface area contributed by atoms with Crippen molar-refractivity contribution < 1.29 is 27.8 Å². The van der Waals surface area contributed by atoms with Crippen LogP contribution in [0.25, 0.3) is 0 Å². The first kappa shape index (κ1) is 25.5. The van der Waals surface area contributed by atoms with Crippen molar-refractivity contribution in [3.05, 3.63) is 29.8 Å². The molecular formula is C23H36F2N2O4. The number of likely N-dealkylation sites (N-methyl/N-ethyl adjacent to an activating group) is 1. The lowest BCUT2D eigenvalue weighted by Gasteiger charge is -2.34. The number of benzene rings is 1. The minimum absolute atomic E-state index is 0.00312. The molecule has 1 aliphatic carbocycles. The molecule has 0 spiro atoms. The highest BCUT2D eigenvalue weighted by molar-refractivity contribution is 5.70. The van der Waals surface area contributed by atoms with Gasteiger partial charge in [-0.05, 0) is 63.7 Å². The van der Waals surface area contributed by atoms with E-state index in [1.54, 1.807) is 14.2 Å². The van der Waals surface area contributed by atoms with E-state index < -0.39 is 17.7 Å². The second-order valence-electron chi connectivity index (χ2n) is 7.99. The number of amides is 1. The Kier molecular flexibility index (Phi) is 11.2. The van der Waals surface area contributed by atoms with Crippen LogP contribution in [0.3, 0.4) is 0 Å². The smallest absolute Gasteiger partial charge is 0.410 e. The van der Waals surface area contributed by atoms with Crippen LogP contribution >= 0.6 is 0 Å². The number of halogens is 2. The number of nitrogens with zero attached hydrogens (tertiary/aromatic N) is 2. The second-order valence-corrected chi connectivity index (χ2v) is 7.99. The van der Waals surface area contributed by atoms with Gasteiger partial charge in [-0.3, -0.25) is 0 Å². The summed E-state index contributed by atoms with van der Waals surface area (Å²) in [6, 6.07) is 3.12. The van der Waals surface area contributed by atoms with E-state index in [4.69, 9.17) is 14.2 Å². The molecule has 0 bridgehead atoms. The van der Waals surface area contributed by atoms with E-state index in [0.29, 0.717) is 0 Å². The van der Waals surface area contributed by atoms with Gasteiger partial charge in [0.15, 0.2) is 11.6 Å². The zero-order valence-corrected chi connectivity index (χ0v) is 18.9. The first-order valence-electron chi connectivity index (χ1n) is 11.2. The molecule has 1 aliphatic rings. The van der Waals surface area contributed by atoms with Gasteiger partial charge in [0.1, 0.15) is 5.75 Å². The van der Waals surface area contributed by atoms with E-state index in [0.717, 1.165) is 83.5 Å². The highest BCUT2D eigenvalue weighted by atomic mass is 19.2. The van der Waals surface area contributed by atoms with Gasteiger partial charge in [0, 0.05) is 39.4 Å². The van der Waals surface area contributed by atoms with Crippen molar-refractivity contribution in [1.29, 1.82) is 0 Å². The molecule has 1 amide bonds. The second kappa shape index (κ2) is 13.6. The Morgan fingerprint density at radius 3 is 2.45 bits per heavy atom. The molecule has 1 aromatic rings. The molecule has 0 atom stereocenters. The highest BCUT2D eigenvalue weighted by Crippen LogP contribution is 2.26. The van der Waals surface area contributed by atoms with Gasteiger partial charge >= 0.3 is 6.09 Å². The quantitative estimate of drug-likeness (QED) is 0.447. The van der Waals surface area contributed by atoms with Gasteiger partial charge in [-0.25, -0.2) is 13.6 Å². The van der Waals surface area contributed by atoms with Crippen molar-refractivity contribution in [3.63, 3.8) is 0 Å². The van der Waals surface area contributed by atoms with Crippen LogP contribution in [0.2, 0.25) is 0 Å². The fourth-order valence-corrected chi connectivity index (χ4v) is 3.80. The minimum Gasteiger partial charge on any atom is -0.410 e. The third-order valence-electron chi connectivity index (χ3n) is 5.86. The van der Waals surface area contributed by atoms with Crippen molar-refractivity contribution in [2.45, 2.75) is 57.6 Å². The van der Waals surface area contributed by atoms with Crippen LogP contribution in [0, 0.1) is 11.6 Å². The maximum absolute atomic E-state index is 13.3. The molecule has 0 N–H and O–H groups in total. The van der Waals surface area contributed by atoms with Crippen molar-refractivity contribution >= 4 is 6.09 Å². The summed E-state index contributed by atoms with van der Waals surface area (Å²) in [7, 11) is 3.40. The molecule has 6 nitrogen and oxygen atoms in total. The summed E-state index contributed by atoms with van der Waals surface area (Å²) in [5.41, 5.74) is 0. The zero-order valence-electron chi connectivity index (χ0n) is 18.9. The monoisotopic (exact) mass is 442 g/mol. The lowest BCUT2D eigenvalue weighted by Crippen LogP contribution is -2.42. The zero-order chi connectivity index (χ0) is 22.6. The average Bonchev–Trinajstić information content (AvgIpc) is 2.78. The molecule has 1 aromatic carbocycles. The Balaban J connectivity index is 1.62. The predicted molar refractivity (Wildman–Crippen MR) is 115 cm³/mol. The maximum atomic E-state index is 13.3. The van der Waals surface area contributed by atoms with Gasteiger partial charge in [0.2, 0.25) is 0 Å². The molecule has 176 valence electrons. The highest BCUT2D eigenvalue weighted by Gasteiger charge is 2.28. The molecule has 31 heavy (non-hydrogen) atoms. The Hall–Kier alpha value is -1.77. The number of rotatable bonds is 12. The van der Waals surface area contributed by atoms with Gasteiger partial charge in [-0.1, -0.05) is 6.92 Å².